The van der Waals surface area contributed by atoms with E-state index >= 15 is 0 Å². The number of hydrogen-bond acceptors (Lipinski definition) is 3. The Kier molecular flexibility index (Phi) is 5.33. The van der Waals surface area contributed by atoms with Crippen molar-refractivity contribution in [2.24, 2.45) is 5.73 Å². The van der Waals surface area contributed by atoms with Gasteiger partial charge in [0.2, 0.25) is 0 Å². The van der Waals surface area contributed by atoms with Crippen LogP contribution in [0.2, 0.25) is 0 Å². The maximum absolute atomic E-state index is 5.45. The number of rotatable bonds is 7. The van der Waals surface area contributed by atoms with E-state index in [4.69, 9.17) is 10.2 Å². The molecule has 80 valence electrons. The zero-order valence-corrected chi connectivity index (χ0v) is 8.88. The Bertz CT molecular complexity index is 245. The second-order valence-electron chi connectivity index (χ2n) is 3.51. The van der Waals surface area contributed by atoms with Gasteiger partial charge in [-0.3, -0.25) is 0 Å². The molecular weight excluding hydrogens is 176 g/mol. The van der Waals surface area contributed by atoms with E-state index in [0.717, 1.165) is 50.4 Å². The maximum atomic E-state index is 5.45. The normalized spacial score (nSPS) is 10.7. The summed E-state index contributed by atoms with van der Waals surface area (Å²) in [6.07, 6.45) is 3.23. The van der Waals surface area contributed by atoms with Gasteiger partial charge in [-0.15, -0.1) is 0 Å². The van der Waals surface area contributed by atoms with Crippen molar-refractivity contribution >= 4 is 0 Å². The van der Waals surface area contributed by atoms with Crippen LogP contribution in [0.25, 0.3) is 0 Å². The summed E-state index contributed by atoms with van der Waals surface area (Å²) >= 11 is 0. The van der Waals surface area contributed by atoms with E-state index in [1.54, 1.807) is 0 Å². The Hall–Kier alpha value is -0.800. The van der Waals surface area contributed by atoms with Crippen LogP contribution < -0.4 is 11.1 Å². The highest BCUT2D eigenvalue weighted by atomic mass is 16.3. The lowest BCUT2D eigenvalue weighted by atomic mass is 10.3. The predicted octanol–water partition coefficient (Wildman–Crippen LogP) is 1.46. The van der Waals surface area contributed by atoms with Crippen LogP contribution in [0.5, 0.6) is 0 Å². The molecule has 3 N–H and O–H groups in total. The van der Waals surface area contributed by atoms with Crippen LogP contribution in [0, 0.1) is 6.92 Å². The van der Waals surface area contributed by atoms with E-state index in [9.17, 15) is 0 Å². The quantitative estimate of drug-likeness (QED) is 0.649. The van der Waals surface area contributed by atoms with E-state index in [2.05, 4.69) is 5.32 Å². The molecule has 3 nitrogen and oxygen atoms in total. The van der Waals surface area contributed by atoms with Crippen molar-refractivity contribution in [1.29, 1.82) is 0 Å². The van der Waals surface area contributed by atoms with Gasteiger partial charge in [0, 0.05) is 13.0 Å². The number of unbranched alkanes of at least 4 members (excludes halogenated alkanes) is 1. The molecule has 0 saturated carbocycles. The third-order valence-corrected chi connectivity index (χ3v) is 2.15. The lowest BCUT2D eigenvalue weighted by Gasteiger charge is -2.01. The molecule has 1 aromatic heterocycles. The summed E-state index contributed by atoms with van der Waals surface area (Å²) in [4.78, 5) is 0. The summed E-state index contributed by atoms with van der Waals surface area (Å²) in [7, 11) is 0. The number of hydrogen-bond donors (Lipinski definition) is 2. The smallest absolute Gasteiger partial charge is 0.105 e. The third kappa shape index (κ3) is 4.44. The average Bonchev–Trinajstić information content (AvgIpc) is 2.58. The van der Waals surface area contributed by atoms with Gasteiger partial charge in [-0.2, -0.15) is 0 Å². The average molecular weight is 196 g/mol. The fraction of sp³-hybridized carbons (Fsp3) is 0.636. The first kappa shape index (κ1) is 11.3. The maximum Gasteiger partial charge on any atom is 0.105 e. The molecule has 0 amide bonds. The largest absolute Gasteiger partial charge is 0.466 e. The van der Waals surface area contributed by atoms with Crippen molar-refractivity contribution < 1.29 is 4.42 Å². The van der Waals surface area contributed by atoms with E-state index in [1.807, 2.05) is 19.1 Å². The Morgan fingerprint density at radius 1 is 1.29 bits per heavy atom. The van der Waals surface area contributed by atoms with Gasteiger partial charge in [0.05, 0.1) is 0 Å². The van der Waals surface area contributed by atoms with E-state index < -0.39 is 0 Å². The third-order valence-electron chi connectivity index (χ3n) is 2.15. The number of nitrogens with two attached hydrogens (primary N) is 1. The molecule has 0 aromatic carbocycles. The highest BCUT2D eigenvalue weighted by Gasteiger charge is 1.97. The summed E-state index contributed by atoms with van der Waals surface area (Å²) < 4.78 is 5.45. The molecule has 0 fully saturated rings. The highest BCUT2D eigenvalue weighted by Crippen LogP contribution is 2.05. The van der Waals surface area contributed by atoms with Gasteiger partial charge in [-0.05, 0) is 45.0 Å². The van der Waals surface area contributed by atoms with E-state index in [-0.39, 0.29) is 0 Å². The summed E-state index contributed by atoms with van der Waals surface area (Å²) in [5, 5.41) is 3.36. The first-order valence-electron chi connectivity index (χ1n) is 5.29. The van der Waals surface area contributed by atoms with E-state index in [0.29, 0.717) is 0 Å². The fourth-order valence-electron chi connectivity index (χ4n) is 1.35. The summed E-state index contributed by atoms with van der Waals surface area (Å²) in [5.41, 5.74) is 5.39. The molecule has 3 heteroatoms. The fourth-order valence-corrected chi connectivity index (χ4v) is 1.35. The van der Waals surface area contributed by atoms with Crippen LogP contribution in [0.15, 0.2) is 16.5 Å². The molecule has 0 aliphatic heterocycles. The molecule has 0 aliphatic carbocycles. The van der Waals surface area contributed by atoms with Crippen LogP contribution in [0.4, 0.5) is 0 Å². The lowest BCUT2D eigenvalue weighted by Crippen LogP contribution is -2.19. The van der Waals surface area contributed by atoms with Crippen molar-refractivity contribution in [3.8, 4) is 0 Å². The van der Waals surface area contributed by atoms with E-state index in [1.165, 1.54) is 0 Å². The summed E-state index contributed by atoms with van der Waals surface area (Å²) in [5.74, 6) is 2.05. The molecule has 0 spiro atoms. The Balaban J connectivity index is 1.99. The summed E-state index contributed by atoms with van der Waals surface area (Å²) in [6.45, 7) is 4.80. The number of nitrogens with one attached hydrogen (secondary N) is 1. The molecular formula is C11H20N2O. The molecule has 0 saturated heterocycles. The predicted molar refractivity (Wildman–Crippen MR) is 58.3 cm³/mol. The Morgan fingerprint density at radius 3 is 2.79 bits per heavy atom. The Morgan fingerprint density at radius 2 is 2.14 bits per heavy atom. The molecule has 1 aromatic rings. The lowest BCUT2D eigenvalue weighted by molar-refractivity contribution is 0.474. The summed E-state index contributed by atoms with van der Waals surface area (Å²) in [6, 6.07) is 4.04. The minimum Gasteiger partial charge on any atom is -0.466 e. The standard InChI is InChI=1S/C11H20N2O/c1-10-4-5-11(14-10)6-9-13-8-3-2-7-12/h4-5,13H,2-3,6-9,12H2,1H3. The second-order valence-corrected chi connectivity index (χ2v) is 3.51. The SMILES string of the molecule is Cc1ccc(CCNCCCCN)o1. The van der Waals surface area contributed by atoms with Crippen molar-refractivity contribution in [3.05, 3.63) is 23.7 Å². The zero-order valence-electron chi connectivity index (χ0n) is 8.88. The van der Waals surface area contributed by atoms with Gasteiger partial charge in [-0.25, -0.2) is 0 Å². The molecule has 1 rings (SSSR count). The Labute approximate surface area is 85.7 Å². The molecule has 1 heterocycles. The van der Waals surface area contributed by atoms with Crippen LogP contribution in [0.1, 0.15) is 24.4 Å². The van der Waals surface area contributed by atoms with Crippen molar-refractivity contribution in [1.82, 2.24) is 5.32 Å². The molecule has 0 aliphatic rings. The van der Waals surface area contributed by atoms with Gasteiger partial charge in [0.15, 0.2) is 0 Å². The molecule has 0 bridgehead atoms. The van der Waals surface area contributed by atoms with Crippen LogP contribution >= 0.6 is 0 Å². The topological polar surface area (TPSA) is 51.2 Å². The van der Waals surface area contributed by atoms with Gasteiger partial charge in [0.1, 0.15) is 11.5 Å². The molecule has 0 radical (unpaired) electrons. The van der Waals surface area contributed by atoms with Gasteiger partial charge >= 0.3 is 0 Å². The minimum absolute atomic E-state index is 0.791. The van der Waals surface area contributed by atoms with Crippen molar-refractivity contribution in [3.63, 3.8) is 0 Å². The van der Waals surface area contributed by atoms with Crippen LogP contribution in [-0.4, -0.2) is 19.6 Å². The first-order chi connectivity index (χ1) is 6.83. The van der Waals surface area contributed by atoms with Crippen molar-refractivity contribution in [2.45, 2.75) is 26.2 Å². The molecule has 0 atom stereocenters. The second kappa shape index (κ2) is 6.62. The van der Waals surface area contributed by atoms with Gasteiger partial charge in [0.25, 0.3) is 0 Å². The first-order valence-corrected chi connectivity index (χ1v) is 5.29. The molecule has 0 unspecified atom stereocenters. The van der Waals surface area contributed by atoms with Crippen LogP contribution in [0.3, 0.4) is 0 Å². The van der Waals surface area contributed by atoms with Crippen molar-refractivity contribution in [2.75, 3.05) is 19.6 Å². The number of furan rings is 1. The van der Waals surface area contributed by atoms with Gasteiger partial charge in [-0.1, -0.05) is 0 Å². The van der Waals surface area contributed by atoms with Gasteiger partial charge < -0.3 is 15.5 Å². The minimum atomic E-state index is 0.791. The monoisotopic (exact) mass is 196 g/mol. The highest BCUT2D eigenvalue weighted by molar-refractivity contribution is 5.05. The number of aryl methyl sites for hydroxylation is 1. The molecule has 14 heavy (non-hydrogen) atoms. The van der Waals surface area contributed by atoms with Crippen LogP contribution in [-0.2, 0) is 6.42 Å². The zero-order chi connectivity index (χ0) is 10.2.